The van der Waals surface area contributed by atoms with E-state index in [0.29, 0.717) is 0 Å². The summed E-state index contributed by atoms with van der Waals surface area (Å²) in [5.74, 6) is 6.96. The molecule has 2 nitrogen and oxygen atoms in total. The Morgan fingerprint density at radius 1 is 1.14 bits per heavy atom. The Balaban J connectivity index is 2.23. The Bertz CT molecular complexity index is 472. The molecular weight excluding hydrogens is 172 g/mol. The summed E-state index contributed by atoms with van der Waals surface area (Å²) in [4.78, 5) is 7.13. The van der Waals surface area contributed by atoms with Gasteiger partial charge in [-0.25, -0.2) is 4.98 Å². The molecule has 0 unspecified atom stereocenters. The van der Waals surface area contributed by atoms with Crippen LogP contribution < -0.4 is 0 Å². The lowest BCUT2D eigenvalue weighted by atomic mass is 10.2. The highest BCUT2D eigenvalue weighted by Gasteiger charge is 1.89. The van der Waals surface area contributed by atoms with Gasteiger partial charge >= 0.3 is 0 Å². The molecule has 0 saturated heterocycles. The van der Waals surface area contributed by atoms with Crippen molar-refractivity contribution in [3.63, 3.8) is 0 Å². The van der Waals surface area contributed by atoms with Gasteiger partial charge in [0.1, 0.15) is 11.5 Å². The third kappa shape index (κ3) is 2.02. The van der Waals surface area contributed by atoms with Crippen molar-refractivity contribution in [1.82, 2.24) is 9.97 Å². The lowest BCUT2D eigenvalue weighted by Crippen LogP contribution is -1.75. The summed E-state index contributed by atoms with van der Waals surface area (Å²) < 4.78 is 0. The van der Waals surface area contributed by atoms with Crippen LogP contribution in [0.3, 0.4) is 0 Å². The maximum Gasteiger partial charge on any atom is 0.110 e. The number of hydrogen-bond donors (Lipinski definition) is 1. The number of aromatic nitrogens is 2. The number of imidazole rings is 1. The maximum absolute atomic E-state index is 4.07. The topological polar surface area (TPSA) is 28.7 Å². The zero-order valence-corrected chi connectivity index (χ0v) is 7.91. The zero-order chi connectivity index (χ0) is 9.80. The largest absolute Gasteiger partial charge is 0.336 e. The van der Waals surface area contributed by atoms with Gasteiger partial charge in [-0.15, -0.1) is 0 Å². The van der Waals surface area contributed by atoms with Crippen molar-refractivity contribution >= 4 is 0 Å². The summed E-state index contributed by atoms with van der Waals surface area (Å²) in [5.41, 5.74) is 1.87. The van der Waals surface area contributed by atoms with Gasteiger partial charge in [-0.1, -0.05) is 24.1 Å². The van der Waals surface area contributed by atoms with Crippen LogP contribution in [0.1, 0.15) is 17.1 Å². The standard InChI is InChI=1S/C12H10N2/c1-10-13-9-12(14-10)8-7-11-5-3-2-4-6-11/h2-6,9H,1H3,(H,13,14). The van der Waals surface area contributed by atoms with Gasteiger partial charge in [0.15, 0.2) is 0 Å². The Morgan fingerprint density at radius 2 is 1.93 bits per heavy atom. The van der Waals surface area contributed by atoms with E-state index < -0.39 is 0 Å². The third-order valence-electron chi connectivity index (χ3n) is 1.82. The normalized spacial score (nSPS) is 9.21. The van der Waals surface area contributed by atoms with Crippen LogP contribution in [0, 0.1) is 18.8 Å². The van der Waals surface area contributed by atoms with E-state index in [0.717, 1.165) is 17.1 Å². The molecule has 2 rings (SSSR count). The Labute approximate surface area is 83.0 Å². The van der Waals surface area contributed by atoms with Crippen LogP contribution in [0.2, 0.25) is 0 Å². The van der Waals surface area contributed by atoms with Crippen LogP contribution in [0.15, 0.2) is 36.5 Å². The molecule has 0 amide bonds. The predicted molar refractivity (Wildman–Crippen MR) is 55.7 cm³/mol. The van der Waals surface area contributed by atoms with Crippen LogP contribution in [0.5, 0.6) is 0 Å². The van der Waals surface area contributed by atoms with Crippen molar-refractivity contribution in [2.75, 3.05) is 0 Å². The van der Waals surface area contributed by atoms with Gasteiger partial charge in [-0.2, -0.15) is 0 Å². The molecule has 1 N–H and O–H groups in total. The van der Waals surface area contributed by atoms with E-state index in [1.165, 1.54) is 0 Å². The van der Waals surface area contributed by atoms with E-state index in [1.54, 1.807) is 6.20 Å². The van der Waals surface area contributed by atoms with Crippen LogP contribution in [0.25, 0.3) is 0 Å². The molecule has 0 saturated carbocycles. The van der Waals surface area contributed by atoms with E-state index in [1.807, 2.05) is 37.3 Å². The minimum Gasteiger partial charge on any atom is -0.336 e. The Morgan fingerprint density at radius 3 is 2.57 bits per heavy atom. The summed E-state index contributed by atoms with van der Waals surface area (Å²) in [6, 6.07) is 9.89. The van der Waals surface area contributed by atoms with Gasteiger partial charge < -0.3 is 4.98 Å². The third-order valence-corrected chi connectivity index (χ3v) is 1.82. The monoisotopic (exact) mass is 182 g/mol. The van der Waals surface area contributed by atoms with E-state index in [4.69, 9.17) is 0 Å². The highest BCUT2D eigenvalue weighted by atomic mass is 14.9. The van der Waals surface area contributed by atoms with E-state index in [2.05, 4.69) is 21.8 Å². The summed E-state index contributed by atoms with van der Waals surface area (Å²) in [5, 5.41) is 0. The quantitative estimate of drug-likeness (QED) is 0.621. The summed E-state index contributed by atoms with van der Waals surface area (Å²) in [6.07, 6.45) is 1.74. The van der Waals surface area contributed by atoms with E-state index in [-0.39, 0.29) is 0 Å². The molecule has 0 spiro atoms. The first kappa shape index (κ1) is 8.58. The smallest absolute Gasteiger partial charge is 0.110 e. The number of H-pyrrole nitrogens is 1. The molecule has 0 bridgehead atoms. The molecule has 0 aliphatic rings. The first-order valence-corrected chi connectivity index (χ1v) is 4.43. The molecule has 1 aromatic carbocycles. The van der Waals surface area contributed by atoms with Crippen molar-refractivity contribution in [3.05, 3.63) is 53.6 Å². The lowest BCUT2D eigenvalue weighted by Gasteiger charge is -1.85. The average Bonchev–Trinajstić information content (AvgIpc) is 2.63. The SMILES string of the molecule is Cc1ncc(C#Cc2ccccc2)[nH]1. The Hall–Kier alpha value is -2.01. The second kappa shape index (κ2) is 3.80. The average molecular weight is 182 g/mol. The van der Waals surface area contributed by atoms with Crippen LogP contribution >= 0.6 is 0 Å². The first-order chi connectivity index (χ1) is 6.84. The molecule has 0 fully saturated rings. The first-order valence-electron chi connectivity index (χ1n) is 4.43. The summed E-state index contributed by atoms with van der Waals surface area (Å²) >= 11 is 0. The highest BCUT2D eigenvalue weighted by molar-refractivity contribution is 5.39. The van der Waals surface area contributed by atoms with E-state index in [9.17, 15) is 0 Å². The molecule has 2 heteroatoms. The number of benzene rings is 1. The molecule has 0 radical (unpaired) electrons. The van der Waals surface area contributed by atoms with Crippen molar-refractivity contribution in [2.45, 2.75) is 6.92 Å². The highest BCUT2D eigenvalue weighted by Crippen LogP contribution is 1.97. The molecule has 0 aliphatic heterocycles. The number of hydrogen-bond acceptors (Lipinski definition) is 1. The number of nitrogens with zero attached hydrogens (tertiary/aromatic N) is 1. The van der Waals surface area contributed by atoms with Crippen LogP contribution in [0.4, 0.5) is 0 Å². The number of aromatic amines is 1. The zero-order valence-electron chi connectivity index (χ0n) is 7.91. The van der Waals surface area contributed by atoms with Crippen LogP contribution in [-0.2, 0) is 0 Å². The van der Waals surface area contributed by atoms with Gasteiger partial charge in [0.2, 0.25) is 0 Å². The Kier molecular flexibility index (Phi) is 2.33. The second-order valence-corrected chi connectivity index (χ2v) is 3.00. The number of nitrogens with one attached hydrogen (secondary N) is 1. The van der Waals surface area contributed by atoms with Crippen LogP contribution in [-0.4, -0.2) is 9.97 Å². The second-order valence-electron chi connectivity index (χ2n) is 3.00. The lowest BCUT2D eigenvalue weighted by molar-refractivity contribution is 1.14. The molecule has 2 aromatic rings. The number of rotatable bonds is 0. The number of aryl methyl sites for hydroxylation is 1. The molecule has 68 valence electrons. The van der Waals surface area contributed by atoms with E-state index >= 15 is 0 Å². The predicted octanol–water partition coefficient (Wildman–Crippen LogP) is 2.12. The molecule has 0 atom stereocenters. The van der Waals surface area contributed by atoms with Gasteiger partial charge in [-0.05, 0) is 25.0 Å². The molecule has 14 heavy (non-hydrogen) atoms. The summed E-state index contributed by atoms with van der Waals surface area (Å²) in [7, 11) is 0. The molecule has 0 aliphatic carbocycles. The van der Waals surface area contributed by atoms with Gasteiger partial charge in [0.25, 0.3) is 0 Å². The molecule has 1 heterocycles. The fourth-order valence-corrected chi connectivity index (χ4v) is 1.15. The molecule has 1 aromatic heterocycles. The minimum atomic E-state index is 0.853. The van der Waals surface area contributed by atoms with Crippen molar-refractivity contribution < 1.29 is 0 Å². The minimum absolute atomic E-state index is 0.853. The molecular formula is C12H10N2. The fourth-order valence-electron chi connectivity index (χ4n) is 1.15. The summed E-state index contributed by atoms with van der Waals surface area (Å²) in [6.45, 7) is 1.91. The van der Waals surface area contributed by atoms with Crippen molar-refractivity contribution in [3.8, 4) is 11.8 Å². The van der Waals surface area contributed by atoms with Gasteiger partial charge in [0.05, 0.1) is 6.20 Å². The van der Waals surface area contributed by atoms with Crippen molar-refractivity contribution in [1.29, 1.82) is 0 Å². The maximum atomic E-state index is 4.07. The fraction of sp³-hybridized carbons (Fsp3) is 0.0833. The van der Waals surface area contributed by atoms with Gasteiger partial charge in [-0.3, -0.25) is 0 Å². The van der Waals surface area contributed by atoms with Gasteiger partial charge in [0, 0.05) is 5.56 Å². The van der Waals surface area contributed by atoms with Crippen molar-refractivity contribution in [2.24, 2.45) is 0 Å².